The van der Waals surface area contributed by atoms with E-state index in [1.165, 1.54) is 32.1 Å². The number of fused-ring (bicyclic) bond motifs is 1. The van der Waals surface area contributed by atoms with Crippen LogP contribution in [0.1, 0.15) is 60.8 Å². The van der Waals surface area contributed by atoms with Crippen LogP contribution in [-0.4, -0.2) is 62.7 Å². The van der Waals surface area contributed by atoms with Crippen molar-refractivity contribution in [1.29, 1.82) is 0 Å². The lowest BCUT2D eigenvalue weighted by Gasteiger charge is -2.24. The van der Waals surface area contributed by atoms with Gasteiger partial charge in [-0.25, -0.2) is 14.8 Å². The largest absolute Gasteiger partial charge is 0.461 e. The number of aromatic nitrogens is 6. The monoisotopic (exact) mass is 639 g/mol. The third kappa shape index (κ3) is 6.87. The van der Waals surface area contributed by atoms with Crippen LogP contribution >= 0.6 is 11.3 Å². The number of anilines is 4. The van der Waals surface area contributed by atoms with Gasteiger partial charge in [0.05, 0.1) is 23.0 Å². The molecule has 240 valence electrons. The van der Waals surface area contributed by atoms with E-state index in [-0.39, 0.29) is 12.3 Å². The predicted molar refractivity (Wildman–Crippen MR) is 183 cm³/mol. The molecule has 0 amide bonds. The van der Waals surface area contributed by atoms with Crippen LogP contribution in [0.25, 0.3) is 21.3 Å². The molecule has 0 saturated heterocycles. The maximum absolute atomic E-state index is 13.4. The highest BCUT2D eigenvalue weighted by molar-refractivity contribution is 7.22. The molecule has 4 aromatic heterocycles. The van der Waals surface area contributed by atoms with Crippen molar-refractivity contribution >= 4 is 50.1 Å². The fourth-order valence-electron chi connectivity index (χ4n) is 6.00. The van der Waals surface area contributed by atoms with Crippen molar-refractivity contribution < 1.29 is 9.53 Å². The minimum Gasteiger partial charge on any atom is -0.461 e. The van der Waals surface area contributed by atoms with Gasteiger partial charge in [-0.15, -0.1) is 10.2 Å². The van der Waals surface area contributed by atoms with Crippen molar-refractivity contribution in [2.24, 2.45) is 5.92 Å². The lowest BCUT2D eigenvalue weighted by molar-refractivity contribution is 0.0520. The maximum atomic E-state index is 13.4. The van der Waals surface area contributed by atoms with E-state index in [1.54, 1.807) is 18.3 Å². The first-order valence-electron chi connectivity index (χ1n) is 16.0. The van der Waals surface area contributed by atoms with Gasteiger partial charge in [0.25, 0.3) is 0 Å². The fourth-order valence-corrected chi connectivity index (χ4v) is 6.87. The van der Waals surface area contributed by atoms with Gasteiger partial charge in [0.15, 0.2) is 22.5 Å². The summed E-state index contributed by atoms with van der Waals surface area (Å²) < 4.78 is 8.67. The second kappa shape index (κ2) is 14.3. The molecule has 5 aromatic rings. The average molecular weight is 640 g/mol. The van der Waals surface area contributed by atoms with Gasteiger partial charge >= 0.3 is 5.97 Å². The van der Waals surface area contributed by atoms with E-state index >= 15 is 0 Å². The zero-order valence-corrected chi connectivity index (χ0v) is 27.7. The molecule has 2 N–H and O–H groups in total. The number of thiazole rings is 1. The number of ether oxygens (including phenoxy) is 1. The number of aryl methyl sites for hydroxylation is 1. The first-order valence-corrected chi connectivity index (χ1v) is 16.9. The van der Waals surface area contributed by atoms with Crippen LogP contribution in [0, 0.1) is 19.8 Å². The van der Waals surface area contributed by atoms with Gasteiger partial charge in [0.2, 0.25) is 0 Å². The Morgan fingerprint density at radius 2 is 1.87 bits per heavy atom. The number of pyridine rings is 1. The topological polar surface area (TPSA) is 123 Å². The number of hydrogen-bond acceptors (Lipinski definition) is 11. The smallest absolute Gasteiger partial charge is 0.357 e. The number of hydrogen-bond donors (Lipinski definition) is 2. The maximum Gasteiger partial charge on any atom is 0.357 e. The van der Waals surface area contributed by atoms with E-state index < -0.39 is 5.97 Å². The van der Waals surface area contributed by atoms with E-state index in [0.717, 1.165) is 38.7 Å². The molecule has 0 aliphatic heterocycles. The second-order valence-electron chi connectivity index (χ2n) is 11.7. The van der Waals surface area contributed by atoms with Crippen LogP contribution in [-0.2, 0) is 11.3 Å². The molecule has 0 bridgehead atoms. The highest BCUT2D eigenvalue weighted by Crippen LogP contribution is 2.33. The molecule has 1 aromatic carbocycles. The van der Waals surface area contributed by atoms with Crippen LogP contribution in [0.2, 0.25) is 0 Å². The number of carbonyl (C=O) groups excluding carboxylic acids is 1. The molecular formula is C34H41N9O2S. The Morgan fingerprint density at radius 1 is 1.04 bits per heavy atom. The number of benzene rings is 1. The lowest BCUT2D eigenvalue weighted by Crippen LogP contribution is -2.29. The van der Waals surface area contributed by atoms with Crippen molar-refractivity contribution in [1.82, 2.24) is 35.3 Å². The number of nitrogens with zero attached hydrogens (tertiary/aromatic N) is 7. The highest BCUT2D eigenvalue weighted by Gasteiger charge is 2.24. The molecule has 1 fully saturated rings. The van der Waals surface area contributed by atoms with Gasteiger partial charge in [0, 0.05) is 36.5 Å². The molecule has 1 saturated carbocycles. The molecule has 1 aliphatic rings. The summed E-state index contributed by atoms with van der Waals surface area (Å²) in [7, 11) is 1.90. The summed E-state index contributed by atoms with van der Waals surface area (Å²) >= 11 is 1.57. The minimum atomic E-state index is -0.468. The predicted octanol–water partition coefficient (Wildman–Crippen LogP) is 6.82. The normalized spacial score (nSPS) is 13.7. The molecule has 12 heteroatoms. The van der Waals surface area contributed by atoms with Crippen LogP contribution in [0.3, 0.4) is 0 Å². The molecule has 11 nitrogen and oxygen atoms in total. The summed E-state index contributed by atoms with van der Waals surface area (Å²) in [6.07, 6.45) is 8.22. The summed E-state index contributed by atoms with van der Waals surface area (Å²) in [5.74, 6) is 2.00. The Labute approximate surface area is 273 Å². The lowest BCUT2D eigenvalue weighted by atomic mass is 9.89. The molecule has 0 atom stereocenters. The van der Waals surface area contributed by atoms with Gasteiger partial charge in [-0.05, 0) is 82.5 Å². The van der Waals surface area contributed by atoms with Crippen molar-refractivity contribution in [3.05, 3.63) is 65.6 Å². The first kappa shape index (κ1) is 31.6. The molecule has 46 heavy (non-hydrogen) atoms. The molecule has 4 heterocycles. The number of likely N-dealkylation sites (N-methyl/N-ethyl adjacent to an activating group) is 1. The van der Waals surface area contributed by atoms with Crippen molar-refractivity contribution in [2.75, 3.05) is 37.0 Å². The van der Waals surface area contributed by atoms with Crippen LogP contribution < -0.4 is 15.5 Å². The van der Waals surface area contributed by atoms with E-state index in [1.807, 2.05) is 67.5 Å². The summed E-state index contributed by atoms with van der Waals surface area (Å²) in [4.78, 5) is 24.9. The zero-order chi connectivity index (χ0) is 32.0. The van der Waals surface area contributed by atoms with Gasteiger partial charge in [-0.1, -0.05) is 42.7 Å². The Kier molecular flexibility index (Phi) is 9.84. The van der Waals surface area contributed by atoms with E-state index in [4.69, 9.17) is 14.8 Å². The summed E-state index contributed by atoms with van der Waals surface area (Å²) in [5, 5.41) is 21.1. The molecular weight excluding hydrogens is 599 g/mol. The van der Waals surface area contributed by atoms with E-state index in [2.05, 4.69) is 37.4 Å². The highest BCUT2D eigenvalue weighted by atomic mass is 32.1. The Morgan fingerprint density at radius 3 is 2.63 bits per heavy atom. The third-order valence-electron chi connectivity index (χ3n) is 8.53. The van der Waals surface area contributed by atoms with Crippen molar-refractivity contribution in [3.8, 4) is 11.1 Å². The Balaban J connectivity index is 1.31. The molecule has 0 unspecified atom stereocenters. The number of rotatable bonds is 12. The number of para-hydroxylation sites is 1. The molecule has 1 aliphatic carbocycles. The van der Waals surface area contributed by atoms with Gasteiger partial charge < -0.3 is 20.3 Å². The quantitative estimate of drug-likeness (QED) is 0.141. The fraction of sp³-hybridized carbons (Fsp3) is 0.412. The Hall–Kier alpha value is -4.42. The first-order chi connectivity index (χ1) is 22.4. The summed E-state index contributed by atoms with van der Waals surface area (Å²) in [5.41, 5.74) is 4.72. The van der Waals surface area contributed by atoms with E-state index in [0.29, 0.717) is 42.0 Å². The number of esters is 1. The second-order valence-corrected chi connectivity index (χ2v) is 12.7. The van der Waals surface area contributed by atoms with Gasteiger partial charge in [0.1, 0.15) is 5.82 Å². The summed E-state index contributed by atoms with van der Waals surface area (Å²) in [6, 6.07) is 13.9. The molecule has 6 rings (SSSR count). The molecule has 0 spiro atoms. The minimum absolute atomic E-state index is 0.251. The zero-order valence-electron chi connectivity index (χ0n) is 26.9. The molecule has 0 radical (unpaired) electrons. The number of carbonyl (C=O) groups is 1. The third-order valence-corrected chi connectivity index (χ3v) is 9.48. The van der Waals surface area contributed by atoms with Gasteiger partial charge in [-0.3, -0.25) is 4.68 Å². The van der Waals surface area contributed by atoms with Crippen LogP contribution in [0.15, 0.2) is 48.7 Å². The average Bonchev–Trinajstić information content (AvgIpc) is 3.65. The van der Waals surface area contributed by atoms with Crippen LogP contribution in [0.5, 0.6) is 0 Å². The van der Waals surface area contributed by atoms with Crippen molar-refractivity contribution in [2.45, 2.75) is 59.4 Å². The Bertz CT molecular complexity index is 1780. The SMILES string of the molecule is CCOC(=O)c1nc(N(CCNC)c2cc(C)c(Nc3nc4ccccc4s3)nn2)ccc1-c1cnn(CC2CCCCC2)c1C. The summed E-state index contributed by atoms with van der Waals surface area (Å²) in [6.45, 7) is 8.22. The van der Waals surface area contributed by atoms with Crippen molar-refractivity contribution in [3.63, 3.8) is 0 Å². The van der Waals surface area contributed by atoms with Gasteiger partial charge in [-0.2, -0.15) is 5.10 Å². The van der Waals surface area contributed by atoms with Crippen LogP contribution in [0.4, 0.5) is 22.6 Å². The standard InChI is InChI=1S/C34H41N9O2S/c1-5-45-33(44)31-25(26-20-36-43(23(26)3)21-24-11-7-6-8-12-24)15-16-29(38-31)42(18-17-35-4)30-19-22(2)32(41-40-30)39-34-37-27-13-9-10-14-28(27)46-34/h9-10,13-16,19-20,24,35H,5-8,11-12,17-18,21H2,1-4H3,(H,37,39,41). The number of nitrogens with one attached hydrogen (secondary N) is 2. The van der Waals surface area contributed by atoms with E-state index in [9.17, 15) is 4.79 Å².